The summed E-state index contributed by atoms with van der Waals surface area (Å²) < 4.78 is 1.84. The van der Waals surface area contributed by atoms with Crippen LogP contribution in [-0.4, -0.2) is 54.1 Å². The highest BCUT2D eigenvalue weighted by molar-refractivity contribution is 6.34. The highest BCUT2D eigenvalue weighted by Crippen LogP contribution is 2.23. The lowest BCUT2D eigenvalue weighted by atomic mass is 10.0. The van der Waals surface area contributed by atoms with Crippen LogP contribution in [0, 0.1) is 0 Å². The average molecular weight is 307 g/mol. The summed E-state index contributed by atoms with van der Waals surface area (Å²) in [4.78, 5) is 11.6. The van der Waals surface area contributed by atoms with Crippen molar-refractivity contribution in [2.45, 2.75) is 25.8 Å². The Labute approximate surface area is 120 Å². The van der Waals surface area contributed by atoms with Gasteiger partial charge in [-0.05, 0) is 37.4 Å². The van der Waals surface area contributed by atoms with E-state index in [1.54, 1.807) is 0 Å². The van der Waals surface area contributed by atoms with E-state index in [4.69, 9.17) is 23.6 Å². The molecule has 0 fully saturated rings. The molecule has 0 aliphatic rings. The van der Waals surface area contributed by atoms with E-state index in [1.165, 1.54) is 0 Å². The zero-order valence-corrected chi connectivity index (χ0v) is 13.3. The first-order valence-corrected chi connectivity index (χ1v) is 5.91. The standard InChI is InChI=1S/C10H21Cl2N3O.ClH/c1-10(2,14(11)12)8-9(16)13-6-7-15(3,4)5;/h6-8H2,1-5H3;1H. The number of halogens is 3. The van der Waals surface area contributed by atoms with Crippen LogP contribution in [0.3, 0.4) is 0 Å². The van der Waals surface area contributed by atoms with Crippen LogP contribution in [-0.2, 0) is 4.79 Å². The number of hydrogen-bond acceptors (Lipinski definition) is 2. The Hall–Kier alpha value is 0.260. The third-order valence-corrected chi connectivity index (χ3v) is 3.07. The van der Waals surface area contributed by atoms with E-state index < -0.39 is 5.54 Å². The van der Waals surface area contributed by atoms with Crippen molar-refractivity contribution in [3.8, 4) is 0 Å². The fraction of sp³-hybridized carbons (Fsp3) is 0.900. The van der Waals surface area contributed by atoms with Gasteiger partial charge in [-0.3, -0.25) is 4.79 Å². The minimum atomic E-state index is -0.552. The number of amides is 1. The molecule has 0 rings (SSSR count). The second-order valence-electron chi connectivity index (χ2n) is 5.59. The van der Waals surface area contributed by atoms with Gasteiger partial charge in [-0.15, -0.1) is 3.94 Å². The SMILES string of the molecule is CC(C)(CC(=O)NCC[N+](C)(C)C)N(Cl)Cl.[Cl-]. The average Bonchev–Trinajstić information content (AvgIpc) is 1.99. The molecule has 0 radical (unpaired) electrons. The fourth-order valence-corrected chi connectivity index (χ4v) is 1.17. The van der Waals surface area contributed by atoms with E-state index in [0.29, 0.717) is 6.54 Å². The highest BCUT2D eigenvalue weighted by Gasteiger charge is 2.27. The maximum absolute atomic E-state index is 11.6. The van der Waals surface area contributed by atoms with E-state index in [2.05, 4.69) is 26.5 Å². The molecule has 0 saturated carbocycles. The molecule has 104 valence electrons. The molecule has 0 aromatic rings. The molecule has 0 aliphatic carbocycles. The van der Waals surface area contributed by atoms with Crippen molar-refractivity contribution >= 4 is 29.5 Å². The zero-order valence-electron chi connectivity index (χ0n) is 11.1. The van der Waals surface area contributed by atoms with Crippen molar-refractivity contribution in [2.75, 3.05) is 34.2 Å². The molecule has 4 nitrogen and oxygen atoms in total. The van der Waals surface area contributed by atoms with E-state index in [1.807, 2.05) is 13.8 Å². The van der Waals surface area contributed by atoms with Crippen LogP contribution in [0.1, 0.15) is 20.3 Å². The van der Waals surface area contributed by atoms with Crippen LogP contribution in [0.2, 0.25) is 0 Å². The predicted molar refractivity (Wildman–Crippen MR) is 68.2 cm³/mol. The molecule has 0 aromatic heterocycles. The van der Waals surface area contributed by atoms with E-state index in [0.717, 1.165) is 15.0 Å². The molecule has 0 atom stereocenters. The van der Waals surface area contributed by atoms with Crippen molar-refractivity contribution < 1.29 is 21.7 Å². The van der Waals surface area contributed by atoms with Gasteiger partial charge in [0.2, 0.25) is 5.91 Å². The lowest BCUT2D eigenvalue weighted by molar-refractivity contribution is -0.869. The number of carbonyl (C=O) groups excluding carboxylic acids is 1. The number of hydrogen-bond donors (Lipinski definition) is 1. The Morgan fingerprint density at radius 1 is 1.29 bits per heavy atom. The Morgan fingerprint density at radius 3 is 2.12 bits per heavy atom. The first-order chi connectivity index (χ1) is 7.04. The summed E-state index contributed by atoms with van der Waals surface area (Å²) in [6.45, 7) is 5.17. The molecule has 0 unspecified atom stereocenters. The monoisotopic (exact) mass is 305 g/mol. The first-order valence-electron chi connectivity index (χ1n) is 5.23. The molecular weight excluding hydrogens is 284 g/mol. The number of carbonyl (C=O) groups is 1. The summed E-state index contributed by atoms with van der Waals surface area (Å²) in [5, 5.41) is 2.85. The Morgan fingerprint density at radius 2 is 1.76 bits per heavy atom. The van der Waals surface area contributed by atoms with Gasteiger partial charge in [0.15, 0.2) is 0 Å². The molecule has 1 N–H and O–H groups in total. The third-order valence-electron chi connectivity index (χ3n) is 2.16. The molecule has 0 bridgehead atoms. The zero-order chi connectivity index (χ0) is 13.0. The largest absolute Gasteiger partial charge is 1.00 e. The lowest BCUT2D eigenvalue weighted by Crippen LogP contribution is -3.00. The molecule has 0 heterocycles. The molecule has 17 heavy (non-hydrogen) atoms. The number of rotatable bonds is 6. The first kappa shape index (κ1) is 19.6. The molecule has 0 saturated heterocycles. The summed E-state index contributed by atoms with van der Waals surface area (Å²) in [6, 6.07) is 0. The molecule has 0 aromatic carbocycles. The van der Waals surface area contributed by atoms with E-state index in [-0.39, 0.29) is 24.7 Å². The summed E-state index contributed by atoms with van der Waals surface area (Å²) >= 11 is 11.3. The smallest absolute Gasteiger partial charge is 0.222 e. The van der Waals surface area contributed by atoms with Crippen LogP contribution < -0.4 is 17.7 Å². The third kappa shape index (κ3) is 9.92. The van der Waals surface area contributed by atoms with Gasteiger partial charge in [0.05, 0.1) is 39.8 Å². The fourth-order valence-electron chi connectivity index (χ4n) is 1.05. The van der Waals surface area contributed by atoms with Crippen molar-refractivity contribution in [3.05, 3.63) is 0 Å². The second-order valence-corrected chi connectivity index (χ2v) is 6.44. The summed E-state index contributed by atoms with van der Waals surface area (Å²) in [5.74, 6) is -0.0373. The van der Waals surface area contributed by atoms with Crippen LogP contribution in [0.15, 0.2) is 0 Å². The van der Waals surface area contributed by atoms with E-state index >= 15 is 0 Å². The van der Waals surface area contributed by atoms with Crippen molar-refractivity contribution in [2.24, 2.45) is 0 Å². The van der Waals surface area contributed by atoms with Crippen LogP contribution in [0.4, 0.5) is 0 Å². The van der Waals surface area contributed by atoms with Crippen LogP contribution in [0.5, 0.6) is 0 Å². The minimum absolute atomic E-state index is 0. The van der Waals surface area contributed by atoms with Gasteiger partial charge >= 0.3 is 0 Å². The van der Waals surface area contributed by atoms with Crippen LogP contribution >= 0.6 is 23.6 Å². The van der Waals surface area contributed by atoms with Gasteiger partial charge < -0.3 is 22.2 Å². The Balaban J connectivity index is 0. The quantitative estimate of drug-likeness (QED) is 0.483. The highest BCUT2D eigenvalue weighted by atomic mass is 35.5. The normalized spacial score (nSPS) is 12.2. The van der Waals surface area contributed by atoms with Gasteiger partial charge in [0.25, 0.3) is 0 Å². The topological polar surface area (TPSA) is 32.3 Å². The summed E-state index contributed by atoms with van der Waals surface area (Å²) in [7, 11) is 6.24. The molecule has 7 heteroatoms. The minimum Gasteiger partial charge on any atom is -1.00 e. The Kier molecular flexibility index (Phi) is 8.81. The number of likely N-dealkylation sites (N-methyl/N-ethyl adjacent to an activating group) is 1. The molecular formula is C10H22Cl3N3O. The van der Waals surface area contributed by atoms with Gasteiger partial charge in [-0.1, -0.05) is 0 Å². The maximum Gasteiger partial charge on any atom is 0.222 e. The van der Waals surface area contributed by atoms with Crippen molar-refractivity contribution in [1.29, 1.82) is 0 Å². The molecule has 0 spiro atoms. The van der Waals surface area contributed by atoms with Gasteiger partial charge in [0.1, 0.15) is 0 Å². The van der Waals surface area contributed by atoms with Gasteiger partial charge in [-0.2, -0.15) is 0 Å². The van der Waals surface area contributed by atoms with Crippen molar-refractivity contribution in [3.63, 3.8) is 0 Å². The molecule has 1 amide bonds. The van der Waals surface area contributed by atoms with E-state index in [9.17, 15) is 4.79 Å². The number of quaternary nitrogens is 1. The summed E-state index contributed by atoms with van der Waals surface area (Å²) in [6.07, 6.45) is 0.275. The number of nitrogens with zero attached hydrogens (tertiary/aromatic N) is 2. The Bertz CT molecular complexity index is 239. The maximum atomic E-state index is 11.6. The number of nitrogens with one attached hydrogen (secondary N) is 1. The summed E-state index contributed by atoms with van der Waals surface area (Å²) in [5.41, 5.74) is -0.552. The second kappa shape index (κ2) is 7.64. The van der Waals surface area contributed by atoms with Gasteiger partial charge in [0, 0.05) is 6.42 Å². The van der Waals surface area contributed by atoms with Crippen molar-refractivity contribution in [1.82, 2.24) is 9.25 Å². The van der Waals surface area contributed by atoms with Crippen LogP contribution in [0.25, 0.3) is 0 Å². The van der Waals surface area contributed by atoms with Gasteiger partial charge in [-0.25, -0.2) is 0 Å². The lowest BCUT2D eigenvalue weighted by Gasteiger charge is -2.27. The molecule has 0 aliphatic heterocycles. The predicted octanol–water partition coefficient (Wildman–Crippen LogP) is -1.41.